The fourth-order valence-electron chi connectivity index (χ4n) is 3.57. The van der Waals surface area contributed by atoms with Crippen molar-refractivity contribution in [3.05, 3.63) is 69.9 Å². The minimum absolute atomic E-state index is 0.214. The number of thiazole rings is 1. The van der Waals surface area contributed by atoms with Crippen LogP contribution >= 0.6 is 22.9 Å². The van der Waals surface area contributed by atoms with Gasteiger partial charge in [0.15, 0.2) is 5.90 Å². The number of anilines is 2. The van der Waals surface area contributed by atoms with E-state index < -0.39 is 6.10 Å². The average molecular weight is 496 g/mol. The Labute approximate surface area is 205 Å². The molecule has 5 rings (SSSR count). The number of fused-ring (bicyclic) bond motifs is 1. The second-order valence-corrected chi connectivity index (χ2v) is 9.26. The molecule has 10 heteroatoms. The van der Waals surface area contributed by atoms with Gasteiger partial charge < -0.3 is 19.9 Å². The van der Waals surface area contributed by atoms with E-state index in [0.717, 1.165) is 27.2 Å². The fourth-order valence-corrected chi connectivity index (χ4v) is 4.33. The van der Waals surface area contributed by atoms with Gasteiger partial charge in [-0.25, -0.2) is 19.9 Å². The van der Waals surface area contributed by atoms with Crippen LogP contribution in [0.1, 0.15) is 17.5 Å². The predicted molar refractivity (Wildman–Crippen MR) is 133 cm³/mol. The van der Waals surface area contributed by atoms with Crippen molar-refractivity contribution in [1.82, 2.24) is 15.0 Å². The lowest BCUT2D eigenvalue weighted by Crippen LogP contribution is -2.21. The molecule has 0 fully saturated rings. The zero-order chi connectivity index (χ0) is 23.5. The molecule has 0 amide bonds. The quantitative estimate of drug-likeness (QED) is 0.362. The summed E-state index contributed by atoms with van der Waals surface area (Å²) in [6.07, 6.45) is 3.27. The SMILES string of the molecule is C[C@@H](O)C1COC(Cc2ccc3ncnc(Nc4ccc(OCc5nccs5)c(Cl)c4)c3c2)=N1. The molecule has 0 spiro atoms. The van der Waals surface area contributed by atoms with E-state index in [-0.39, 0.29) is 6.04 Å². The highest BCUT2D eigenvalue weighted by Gasteiger charge is 2.23. The standard InChI is InChI=1S/C24H22ClN5O3S/c1-14(31)20-11-33-22(30-20)9-15-2-4-19-17(8-15)24(28-13-27-19)29-16-3-5-21(18(25)10-16)32-12-23-26-6-7-34-23/h2-8,10,13-14,20,31H,9,11-12H2,1H3,(H,27,28,29)/t14-,20?/m1/s1. The maximum Gasteiger partial charge on any atom is 0.188 e. The van der Waals surface area contributed by atoms with Gasteiger partial charge in [0.1, 0.15) is 42.2 Å². The van der Waals surface area contributed by atoms with Crippen molar-refractivity contribution in [3.63, 3.8) is 0 Å². The van der Waals surface area contributed by atoms with Crippen LogP contribution in [0.3, 0.4) is 0 Å². The number of aromatic nitrogens is 3. The van der Waals surface area contributed by atoms with Crippen molar-refractivity contribution in [1.29, 1.82) is 0 Å². The van der Waals surface area contributed by atoms with Crippen LogP contribution in [-0.2, 0) is 17.8 Å². The van der Waals surface area contributed by atoms with E-state index in [0.29, 0.717) is 42.1 Å². The van der Waals surface area contributed by atoms with E-state index in [9.17, 15) is 5.11 Å². The molecule has 8 nitrogen and oxygen atoms in total. The summed E-state index contributed by atoms with van der Waals surface area (Å²) in [7, 11) is 0. The molecule has 4 aromatic rings. The number of rotatable bonds is 8. The number of aliphatic hydroxyl groups is 1. The van der Waals surface area contributed by atoms with Gasteiger partial charge in [-0.05, 0) is 42.8 Å². The summed E-state index contributed by atoms with van der Waals surface area (Å²) < 4.78 is 11.4. The minimum atomic E-state index is -0.533. The number of halogens is 1. The fraction of sp³-hybridized carbons (Fsp3) is 0.250. The topological polar surface area (TPSA) is 102 Å². The third-order valence-electron chi connectivity index (χ3n) is 5.37. The number of aliphatic hydroxyl groups excluding tert-OH is 1. The number of hydrogen-bond acceptors (Lipinski definition) is 9. The van der Waals surface area contributed by atoms with Crippen molar-refractivity contribution in [2.75, 3.05) is 11.9 Å². The van der Waals surface area contributed by atoms with Crippen LogP contribution in [0.15, 0.2) is 59.3 Å². The minimum Gasteiger partial charge on any atom is -0.485 e. The van der Waals surface area contributed by atoms with E-state index in [1.54, 1.807) is 19.2 Å². The number of ether oxygens (including phenoxy) is 2. The molecular weight excluding hydrogens is 474 g/mol. The molecule has 3 heterocycles. The summed E-state index contributed by atoms with van der Waals surface area (Å²) in [5, 5.41) is 17.2. The Balaban J connectivity index is 1.33. The summed E-state index contributed by atoms with van der Waals surface area (Å²) in [4.78, 5) is 17.5. The van der Waals surface area contributed by atoms with Crippen molar-refractivity contribution in [3.8, 4) is 5.75 Å². The Bertz CT molecular complexity index is 1330. The van der Waals surface area contributed by atoms with Crippen molar-refractivity contribution < 1.29 is 14.6 Å². The van der Waals surface area contributed by atoms with Gasteiger partial charge in [0.05, 0.1) is 16.6 Å². The molecular formula is C24H22ClN5O3S. The largest absolute Gasteiger partial charge is 0.485 e. The molecule has 0 saturated heterocycles. The van der Waals surface area contributed by atoms with Gasteiger partial charge in [0.25, 0.3) is 0 Å². The first kappa shape index (κ1) is 22.5. The number of benzene rings is 2. The summed E-state index contributed by atoms with van der Waals surface area (Å²) >= 11 is 7.98. The maximum atomic E-state index is 9.73. The molecule has 0 aliphatic carbocycles. The molecule has 34 heavy (non-hydrogen) atoms. The molecule has 0 radical (unpaired) electrons. The number of nitrogens with one attached hydrogen (secondary N) is 1. The van der Waals surface area contributed by atoms with Crippen LogP contribution in [0, 0.1) is 0 Å². The van der Waals surface area contributed by atoms with E-state index in [1.807, 2.05) is 35.7 Å². The zero-order valence-electron chi connectivity index (χ0n) is 18.3. The summed E-state index contributed by atoms with van der Waals surface area (Å²) in [5.41, 5.74) is 2.60. The lowest BCUT2D eigenvalue weighted by atomic mass is 10.1. The zero-order valence-corrected chi connectivity index (χ0v) is 19.9. The van der Waals surface area contributed by atoms with Gasteiger partial charge in [-0.2, -0.15) is 0 Å². The third-order valence-corrected chi connectivity index (χ3v) is 6.42. The van der Waals surface area contributed by atoms with Crippen LogP contribution < -0.4 is 10.1 Å². The van der Waals surface area contributed by atoms with Gasteiger partial charge in [0.2, 0.25) is 0 Å². The van der Waals surface area contributed by atoms with E-state index in [1.165, 1.54) is 17.7 Å². The van der Waals surface area contributed by atoms with Crippen molar-refractivity contribution in [2.24, 2.45) is 4.99 Å². The molecule has 1 aliphatic rings. The van der Waals surface area contributed by atoms with Gasteiger partial charge in [-0.15, -0.1) is 11.3 Å². The second kappa shape index (κ2) is 9.92. The molecule has 0 bridgehead atoms. The number of nitrogens with zero attached hydrogens (tertiary/aromatic N) is 4. The number of aliphatic imine (C=N–C) groups is 1. The molecule has 1 unspecified atom stereocenters. The van der Waals surface area contributed by atoms with Crippen LogP contribution in [-0.4, -0.2) is 44.7 Å². The van der Waals surface area contributed by atoms with E-state index in [4.69, 9.17) is 21.1 Å². The third kappa shape index (κ3) is 5.11. The van der Waals surface area contributed by atoms with Gasteiger partial charge >= 0.3 is 0 Å². The number of hydrogen-bond donors (Lipinski definition) is 2. The van der Waals surface area contributed by atoms with Crippen LogP contribution in [0.4, 0.5) is 11.5 Å². The van der Waals surface area contributed by atoms with Gasteiger partial charge in [-0.1, -0.05) is 17.7 Å². The Morgan fingerprint density at radius 3 is 2.91 bits per heavy atom. The second-order valence-electron chi connectivity index (χ2n) is 7.88. The Morgan fingerprint density at radius 2 is 2.15 bits per heavy atom. The smallest absolute Gasteiger partial charge is 0.188 e. The molecule has 1 aliphatic heterocycles. The summed E-state index contributed by atoms with van der Waals surface area (Å²) in [6.45, 7) is 2.49. The maximum absolute atomic E-state index is 9.73. The molecule has 174 valence electrons. The Morgan fingerprint density at radius 1 is 1.24 bits per heavy atom. The molecule has 2 N–H and O–H groups in total. The first-order chi connectivity index (χ1) is 16.5. The van der Waals surface area contributed by atoms with Crippen molar-refractivity contribution in [2.45, 2.75) is 32.1 Å². The van der Waals surface area contributed by atoms with Crippen LogP contribution in [0.5, 0.6) is 5.75 Å². The highest BCUT2D eigenvalue weighted by molar-refractivity contribution is 7.09. The summed E-state index contributed by atoms with van der Waals surface area (Å²) in [6, 6.07) is 11.3. The van der Waals surface area contributed by atoms with Gasteiger partial charge in [0, 0.05) is 29.1 Å². The van der Waals surface area contributed by atoms with Crippen LogP contribution in [0.25, 0.3) is 10.9 Å². The first-order valence-electron chi connectivity index (χ1n) is 10.7. The Hall–Kier alpha value is -3.27. The lowest BCUT2D eigenvalue weighted by Gasteiger charge is -2.12. The molecule has 2 aromatic heterocycles. The highest BCUT2D eigenvalue weighted by Crippen LogP contribution is 2.31. The highest BCUT2D eigenvalue weighted by atomic mass is 35.5. The first-order valence-corrected chi connectivity index (χ1v) is 12.0. The predicted octanol–water partition coefficient (Wildman–Crippen LogP) is 4.78. The molecule has 0 saturated carbocycles. The van der Waals surface area contributed by atoms with E-state index in [2.05, 4.69) is 25.3 Å². The molecule has 2 aromatic carbocycles. The van der Waals surface area contributed by atoms with Crippen molar-refractivity contribution >= 4 is 51.2 Å². The average Bonchev–Trinajstić information content (AvgIpc) is 3.51. The van der Waals surface area contributed by atoms with Crippen LogP contribution in [0.2, 0.25) is 5.02 Å². The lowest BCUT2D eigenvalue weighted by molar-refractivity contribution is 0.145. The monoisotopic (exact) mass is 495 g/mol. The Kier molecular flexibility index (Phi) is 6.57. The summed E-state index contributed by atoms with van der Waals surface area (Å²) in [5.74, 6) is 1.87. The van der Waals surface area contributed by atoms with E-state index >= 15 is 0 Å². The molecule has 2 atom stereocenters. The normalized spacial score (nSPS) is 16.2. The van der Waals surface area contributed by atoms with Gasteiger partial charge in [-0.3, -0.25) is 0 Å².